The topological polar surface area (TPSA) is 111 Å². The van der Waals surface area contributed by atoms with Gasteiger partial charge in [0.05, 0.1) is 18.2 Å². The van der Waals surface area contributed by atoms with E-state index in [1.807, 2.05) is 0 Å². The van der Waals surface area contributed by atoms with Gasteiger partial charge in [0.25, 0.3) is 0 Å². The molecule has 0 saturated carbocycles. The van der Waals surface area contributed by atoms with Crippen molar-refractivity contribution in [3.05, 3.63) is 21.9 Å². The summed E-state index contributed by atoms with van der Waals surface area (Å²) in [6, 6.07) is 1.16. The molecule has 0 aliphatic heterocycles. The fraction of sp³-hybridized carbons (Fsp3) is 0.200. The summed E-state index contributed by atoms with van der Waals surface area (Å²) in [4.78, 5) is 9.58. The van der Waals surface area contributed by atoms with Crippen LogP contribution in [0.3, 0.4) is 0 Å². The molecule has 1 heterocycles. The van der Waals surface area contributed by atoms with E-state index in [9.17, 15) is 10.1 Å². The largest absolute Gasteiger partial charge is 0.390 e. The van der Waals surface area contributed by atoms with Crippen LogP contribution in [-0.4, -0.2) is 20.5 Å². The van der Waals surface area contributed by atoms with E-state index < -0.39 is 4.92 Å². The van der Waals surface area contributed by atoms with Gasteiger partial charge in [0.1, 0.15) is 11.5 Å². The Hall–Kier alpha value is -1.63. The minimum atomic E-state index is -0.632. The van der Waals surface area contributed by atoms with Gasteiger partial charge in [-0.25, -0.2) is 0 Å². The van der Waals surface area contributed by atoms with Gasteiger partial charge >= 0.3 is 5.82 Å². The Kier molecular flexibility index (Phi) is 3.37. The lowest BCUT2D eigenvalue weighted by Crippen LogP contribution is -2.15. The van der Waals surface area contributed by atoms with E-state index in [0.29, 0.717) is 0 Å². The van der Waals surface area contributed by atoms with Gasteiger partial charge in [-0.3, -0.25) is 5.41 Å². The predicted molar refractivity (Wildman–Crippen MR) is 48.1 cm³/mol. The summed E-state index contributed by atoms with van der Waals surface area (Å²) in [7, 11) is 1.49. The molecule has 0 radical (unpaired) electrons. The van der Waals surface area contributed by atoms with E-state index in [1.54, 1.807) is 0 Å². The van der Waals surface area contributed by atoms with Gasteiger partial charge in [-0.1, -0.05) is 0 Å². The molecule has 1 aromatic heterocycles. The Bertz CT molecular complexity index is 347. The molecule has 0 atom stereocenters. The molecule has 13 heavy (non-hydrogen) atoms. The maximum absolute atomic E-state index is 10.2. The molecule has 72 valence electrons. The molecular formula is C5H8ClN5O2. The number of nitrogens with two attached hydrogens (primary N) is 1. The molecule has 0 amide bonds. The second-order valence-corrected chi connectivity index (χ2v) is 2.18. The van der Waals surface area contributed by atoms with E-state index in [1.165, 1.54) is 11.7 Å². The first-order valence-corrected chi connectivity index (χ1v) is 3.05. The summed E-state index contributed by atoms with van der Waals surface area (Å²) >= 11 is 0. The molecule has 0 aromatic carbocycles. The molecule has 0 unspecified atom stereocenters. The van der Waals surface area contributed by atoms with Gasteiger partial charge in [0.2, 0.25) is 0 Å². The minimum Gasteiger partial charge on any atom is -0.382 e. The molecule has 0 fully saturated rings. The standard InChI is InChI=1S/C5H7N5O2.ClH/c1-9-3(5(6)7)2-4(8-9)10(11)12;/h2H,1H3,(H3,6,7);1H. The van der Waals surface area contributed by atoms with Gasteiger partial charge in [0, 0.05) is 0 Å². The fourth-order valence-corrected chi connectivity index (χ4v) is 0.793. The summed E-state index contributed by atoms with van der Waals surface area (Å²) < 4.78 is 1.19. The Morgan fingerprint density at radius 1 is 1.85 bits per heavy atom. The van der Waals surface area contributed by atoms with Crippen LogP contribution in [0.5, 0.6) is 0 Å². The van der Waals surface area contributed by atoms with Crippen LogP contribution in [0.4, 0.5) is 5.82 Å². The first-order valence-electron chi connectivity index (χ1n) is 3.05. The van der Waals surface area contributed by atoms with Crippen molar-refractivity contribution in [2.24, 2.45) is 12.8 Å². The highest BCUT2D eigenvalue weighted by Gasteiger charge is 2.16. The first-order chi connectivity index (χ1) is 5.52. The number of amidine groups is 1. The van der Waals surface area contributed by atoms with E-state index in [0.717, 1.165) is 6.07 Å². The van der Waals surface area contributed by atoms with Gasteiger partial charge in [0.15, 0.2) is 0 Å². The maximum Gasteiger partial charge on any atom is 0.390 e. The number of nitro groups is 1. The zero-order valence-corrected chi connectivity index (χ0v) is 7.54. The zero-order chi connectivity index (χ0) is 9.30. The Labute approximate surface area is 79.6 Å². The Morgan fingerprint density at radius 3 is 2.62 bits per heavy atom. The van der Waals surface area contributed by atoms with Crippen LogP contribution in [0.1, 0.15) is 5.69 Å². The third-order valence-corrected chi connectivity index (χ3v) is 1.33. The van der Waals surface area contributed by atoms with Crippen molar-refractivity contribution in [3.8, 4) is 0 Å². The van der Waals surface area contributed by atoms with Crippen molar-refractivity contribution in [1.82, 2.24) is 9.78 Å². The maximum atomic E-state index is 10.2. The van der Waals surface area contributed by atoms with Crippen LogP contribution >= 0.6 is 12.4 Å². The molecule has 3 N–H and O–H groups in total. The monoisotopic (exact) mass is 205 g/mol. The van der Waals surface area contributed by atoms with Crippen molar-refractivity contribution in [2.45, 2.75) is 0 Å². The number of halogens is 1. The normalized spacial score (nSPS) is 9.00. The van der Waals surface area contributed by atoms with Crippen molar-refractivity contribution in [2.75, 3.05) is 0 Å². The highest BCUT2D eigenvalue weighted by Crippen LogP contribution is 2.09. The fourth-order valence-electron chi connectivity index (χ4n) is 0.793. The summed E-state index contributed by atoms with van der Waals surface area (Å²) in [5.74, 6) is -0.541. The average molecular weight is 206 g/mol. The average Bonchev–Trinajstić information content (AvgIpc) is 2.30. The lowest BCUT2D eigenvalue weighted by atomic mass is 10.4. The van der Waals surface area contributed by atoms with E-state index >= 15 is 0 Å². The predicted octanol–water partition coefficient (Wildman–Crippen LogP) is 0.0342. The van der Waals surface area contributed by atoms with Crippen molar-refractivity contribution >= 4 is 24.1 Å². The van der Waals surface area contributed by atoms with Crippen LogP contribution < -0.4 is 5.73 Å². The van der Waals surface area contributed by atoms with Crippen molar-refractivity contribution in [3.63, 3.8) is 0 Å². The molecule has 8 heteroatoms. The zero-order valence-electron chi connectivity index (χ0n) is 6.72. The van der Waals surface area contributed by atoms with Gasteiger partial charge in [-0.15, -0.1) is 12.4 Å². The lowest BCUT2D eigenvalue weighted by Gasteiger charge is -1.90. The minimum absolute atomic E-state index is 0. The number of hydrogen-bond acceptors (Lipinski definition) is 4. The quantitative estimate of drug-likeness (QED) is 0.307. The summed E-state index contributed by atoms with van der Waals surface area (Å²) in [5.41, 5.74) is 5.37. The van der Waals surface area contributed by atoms with E-state index in [2.05, 4.69) is 5.10 Å². The Balaban J connectivity index is 0.00000144. The molecule has 0 bridgehead atoms. The van der Waals surface area contributed by atoms with E-state index in [-0.39, 0.29) is 29.8 Å². The molecule has 7 nitrogen and oxygen atoms in total. The molecule has 1 rings (SSSR count). The highest BCUT2D eigenvalue weighted by molar-refractivity contribution is 5.93. The van der Waals surface area contributed by atoms with Crippen molar-refractivity contribution in [1.29, 1.82) is 5.41 Å². The Morgan fingerprint density at radius 2 is 2.38 bits per heavy atom. The number of nitrogens with one attached hydrogen (secondary N) is 1. The first kappa shape index (κ1) is 11.4. The smallest absolute Gasteiger partial charge is 0.382 e. The third kappa shape index (κ3) is 2.15. The third-order valence-electron chi connectivity index (χ3n) is 1.33. The molecular weight excluding hydrogens is 198 g/mol. The molecule has 0 aliphatic carbocycles. The lowest BCUT2D eigenvalue weighted by molar-refractivity contribution is -0.389. The van der Waals surface area contributed by atoms with Crippen LogP contribution in [0, 0.1) is 15.5 Å². The van der Waals surface area contributed by atoms with Gasteiger partial charge in [-0.2, -0.15) is 4.68 Å². The number of hydrogen-bond donors (Lipinski definition) is 2. The van der Waals surface area contributed by atoms with Crippen LogP contribution in [0.25, 0.3) is 0 Å². The molecule has 0 saturated heterocycles. The number of nitrogen functional groups attached to an aromatic ring is 1. The second-order valence-electron chi connectivity index (χ2n) is 2.18. The van der Waals surface area contributed by atoms with E-state index in [4.69, 9.17) is 11.1 Å². The highest BCUT2D eigenvalue weighted by atomic mass is 35.5. The molecule has 0 aliphatic rings. The number of aryl methyl sites for hydroxylation is 1. The molecule has 1 aromatic rings. The number of aromatic nitrogens is 2. The second kappa shape index (κ2) is 3.85. The van der Waals surface area contributed by atoms with Crippen LogP contribution in [-0.2, 0) is 7.05 Å². The van der Waals surface area contributed by atoms with Crippen LogP contribution in [0.2, 0.25) is 0 Å². The van der Waals surface area contributed by atoms with Crippen molar-refractivity contribution < 1.29 is 4.92 Å². The van der Waals surface area contributed by atoms with Crippen LogP contribution in [0.15, 0.2) is 6.07 Å². The SMILES string of the molecule is Cl.Cn1nc([N+](=O)[O-])cc1C(=N)N. The van der Waals surface area contributed by atoms with Gasteiger partial charge in [-0.05, 0) is 4.92 Å². The number of nitrogens with zero attached hydrogens (tertiary/aromatic N) is 3. The summed E-state index contributed by atoms with van der Waals surface area (Å²) in [6.45, 7) is 0. The number of rotatable bonds is 2. The summed E-state index contributed by atoms with van der Waals surface area (Å²) in [6.07, 6.45) is 0. The molecule has 0 spiro atoms. The summed E-state index contributed by atoms with van der Waals surface area (Å²) in [5, 5.41) is 20.8. The van der Waals surface area contributed by atoms with Gasteiger partial charge < -0.3 is 15.8 Å².